The van der Waals surface area contributed by atoms with Gasteiger partial charge in [0.25, 0.3) is 5.91 Å². The molecule has 1 atom stereocenters. The molecule has 1 aromatic rings. The van der Waals surface area contributed by atoms with Crippen molar-refractivity contribution in [3.63, 3.8) is 0 Å². The van der Waals surface area contributed by atoms with Crippen molar-refractivity contribution in [2.75, 3.05) is 13.7 Å². The largest absolute Gasteiger partial charge is 0.494 e. The van der Waals surface area contributed by atoms with E-state index in [4.69, 9.17) is 10.5 Å². The molecular formula is C11H12FN3O3. The van der Waals surface area contributed by atoms with Crippen LogP contribution in [-0.4, -0.2) is 25.6 Å². The number of benzene rings is 1. The van der Waals surface area contributed by atoms with E-state index in [1.807, 2.05) is 0 Å². The molecule has 3 amide bonds. The van der Waals surface area contributed by atoms with Gasteiger partial charge in [0.15, 0.2) is 17.1 Å². The molecule has 1 saturated heterocycles. The van der Waals surface area contributed by atoms with Crippen LogP contribution in [0.15, 0.2) is 18.2 Å². The van der Waals surface area contributed by atoms with Gasteiger partial charge in [-0.05, 0) is 17.7 Å². The van der Waals surface area contributed by atoms with Gasteiger partial charge in [-0.15, -0.1) is 0 Å². The fraction of sp³-hybridized carbons (Fsp3) is 0.273. The topological polar surface area (TPSA) is 93.4 Å². The Balaban J connectivity index is 2.48. The van der Waals surface area contributed by atoms with Gasteiger partial charge in [-0.25, -0.2) is 9.18 Å². The van der Waals surface area contributed by atoms with Gasteiger partial charge in [0.1, 0.15) is 0 Å². The highest BCUT2D eigenvalue weighted by Crippen LogP contribution is 2.27. The molecule has 1 heterocycles. The Morgan fingerprint density at radius 1 is 1.44 bits per heavy atom. The van der Waals surface area contributed by atoms with Crippen molar-refractivity contribution in [1.82, 2.24) is 10.6 Å². The molecule has 6 nitrogen and oxygen atoms in total. The fourth-order valence-electron chi connectivity index (χ4n) is 1.89. The third kappa shape index (κ3) is 1.68. The van der Waals surface area contributed by atoms with Crippen molar-refractivity contribution in [2.45, 2.75) is 5.54 Å². The maximum Gasteiger partial charge on any atom is 0.322 e. The van der Waals surface area contributed by atoms with Gasteiger partial charge in [0.2, 0.25) is 0 Å². The number of nitrogens with one attached hydrogen (secondary N) is 2. The molecule has 0 aromatic heterocycles. The summed E-state index contributed by atoms with van der Waals surface area (Å²) in [4.78, 5) is 23.0. The monoisotopic (exact) mass is 253 g/mol. The number of nitrogens with two attached hydrogens (primary N) is 1. The Bertz CT molecular complexity index is 520. The quantitative estimate of drug-likeness (QED) is 0.652. The van der Waals surface area contributed by atoms with Crippen LogP contribution in [0.4, 0.5) is 9.18 Å². The summed E-state index contributed by atoms with van der Waals surface area (Å²) >= 11 is 0. The molecule has 1 aliphatic rings. The maximum absolute atomic E-state index is 13.6. The Morgan fingerprint density at radius 3 is 2.61 bits per heavy atom. The first-order valence-corrected chi connectivity index (χ1v) is 5.21. The Labute approximate surface area is 102 Å². The molecule has 0 aliphatic carbocycles. The molecular weight excluding hydrogens is 241 g/mol. The first-order chi connectivity index (χ1) is 8.53. The van der Waals surface area contributed by atoms with Crippen LogP contribution >= 0.6 is 0 Å². The lowest BCUT2D eigenvalue weighted by Crippen LogP contribution is -2.50. The van der Waals surface area contributed by atoms with Crippen molar-refractivity contribution in [3.8, 4) is 5.75 Å². The van der Waals surface area contributed by atoms with Crippen molar-refractivity contribution in [3.05, 3.63) is 29.6 Å². The first kappa shape index (κ1) is 12.3. The highest BCUT2D eigenvalue weighted by atomic mass is 19.1. The average molecular weight is 253 g/mol. The van der Waals surface area contributed by atoms with Crippen LogP contribution in [-0.2, 0) is 10.3 Å². The summed E-state index contributed by atoms with van der Waals surface area (Å²) < 4.78 is 18.4. The molecule has 1 aromatic carbocycles. The number of amides is 3. The normalized spacial score (nSPS) is 22.6. The number of carbonyl (C=O) groups is 2. The van der Waals surface area contributed by atoms with E-state index in [2.05, 4.69) is 10.6 Å². The number of halogens is 1. The van der Waals surface area contributed by atoms with Crippen molar-refractivity contribution in [1.29, 1.82) is 0 Å². The van der Waals surface area contributed by atoms with Crippen LogP contribution < -0.4 is 21.1 Å². The molecule has 0 spiro atoms. The van der Waals surface area contributed by atoms with Crippen LogP contribution in [0.1, 0.15) is 5.56 Å². The van der Waals surface area contributed by atoms with Gasteiger partial charge in [-0.1, -0.05) is 6.07 Å². The highest BCUT2D eigenvalue weighted by molar-refractivity contribution is 6.07. The Kier molecular flexibility index (Phi) is 2.92. The van der Waals surface area contributed by atoms with Crippen molar-refractivity contribution >= 4 is 11.9 Å². The van der Waals surface area contributed by atoms with Gasteiger partial charge in [-0.3, -0.25) is 10.1 Å². The van der Waals surface area contributed by atoms with Crippen LogP contribution in [0.25, 0.3) is 0 Å². The first-order valence-electron chi connectivity index (χ1n) is 5.21. The smallest absolute Gasteiger partial charge is 0.322 e. The Hall–Kier alpha value is -2.15. The lowest BCUT2D eigenvalue weighted by Gasteiger charge is -2.24. The van der Waals surface area contributed by atoms with E-state index >= 15 is 0 Å². The Morgan fingerprint density at radius 2 is 2.17 bits per heavy atom. The molecule has 7 heteroatoms. The zero-order valence-electron chi connectivity index (χ0n) is 9.62. The van der Waals surface area contributed by atoms with Crippen LogP contribution in [0.3, 0.4) is 0 Å². The predicted octanol–water partition coefficient (Wildman–Crippen LogP) is -0.172. The summed E-state index contributed by atoms with van der Waals surface area (Å²) in [6.07, 6.45) is 0. The number of imide groups is 1. The second-order valence-electron chi connectivity index (χ2n) is 3.87. The zero-order valence-corrected chi connectivity index (χ0v) is 9.62. The summed E-state index contributed by atoms with van der Waals surface area (Å²) in [5, 5.41) is 4.50. The van der Waals surface area contributed by atoms with E-state index in [-0.39, 0.29) is 17.9 Å². The van der Waals surface area contributed by atoms with Gasteiger partial charge >= 0.3 is 6.03 Å². The molecule has 0 bridgehead atoms. The van der Waals surface area contributed by atoms with Gasteiger partial charge in [0, 0.05) is 6.54 Å². The molecule has 4 N–H and O–H groups in total. The summed E-state index contributed by atoms with van der Waals surface area (Å²) in [6, 6.07) is 3.33. The van der Waals surface area contributed by atoms with Crippen molar-refractivity contribution in [2.24, 2.45) is 5.73 Å². The molecule has 1 aliphatic heterocycles. The molecule has 1 fully saturated rings. The standard InChI is InChI=1S/C11H12FN3O3/c1-18-8-3-2-6(4-7(8)12)11(5-13)9(16)14-10(17)15-11/h2-4H,5,13H2,1H3,(H2,14,15,16,17). The molecule has 0 radical (unpaired) electrons. The summed E-state index contributed by atoms with van der Waals surface area (Å²) in [6.45, 7) is -0.170. The van der Waals surface area contributed by atoms with E-state index in [1.54, 1.807) is 0 Å². The molecule has 1 unspecified atom stereocenters. The zero-order chi connectivity index (χ0) is 13.3. The van der Waals surface area contributed by atoms with E-state index in [0.29, 0.717) is 0 Å². The third-order valence-electron chi connectivity index (χ3n) is 2.89. The average Bonchev–Trinajstić information content (AvgIpc) is 2.64. The number of ether oxygens (including phenoxy) is 1. The lowest BCUT2D eigenvalue weighted by molar-refractivity contribution is -0.123. The SMILES string of the molecule is COc1ccc(C2(CN)NC(=O)NC2=O)cc1F. The minimum Gasteiger partial charge on any atom is -0.494 e. The minimum absolute atomic E-state index is 0.0515. The molecule has 0 saturated carbocycles. The van der Waals surface area contributed by atoms with Gasteiger partial charge < -0.3 is 15.8 Å². The van der Waals surface area contributed by atoms with E-state index in [9.17, 15) is 14.0 Å². The molecule has 18 heavy (non-hydrogen) atoms. The van der Waals surface area contributed by atoms with Crippen LogP contribution in [0, 0.1) is 5.82 Å². The van der Waals surface area contributed by atoms with E-state index in [1.165, 1.54) is 19.2 Å². The fourth-order valence-corrected chi connectivity index (χ4v) is 1.89. The highest BCUT2D eigenvalue weighted by Gasteiger charge is 2.46. The molecule has 2 rings (SSSR count). The van der Waals surface area contributed by atoms with Crippen LogP contribution in [0.2, 0.25) is 0 Å². The minimum atomic E-state index is -1.43. The number of rotatable bonds is 3. The van der Waals surface area contributed by atoms with E-state index < -0.39 is 23.3 Å². The number of methoxy groups -OCH3 is 1. The number of hydrogen-bond donors (Lipinski definition) is 3. The summed E-state index contributed by atoms with van der Waals surface area (Å²) in [7, 11) is 1.33. The summed E-state index contributed by atoms with van der Waals surface area (Å²) in [5.74, 6) is -1.17. The predicted molar refractivity (Wildman–Crippen MR) is 60.4 cm³/mol. The number of hydrogen-bond acceptors (Lipinski definition) is 4. The maximum atomic E-state index is 13.6. The lowest BCUT2D eigenvalue weighted by atomic mass is 9.90. The number of urea groups is 1. The second kappa shape index (κ2) is 4.26. The van der Waals surface area contributed by atoms with Crippen LogP contribution in [0.5, 0.6) is 5.75 Å². The third-order valence-corrected chi connectivity index (χ3v) is 2.89. The van der Waals surface area contributed by atoms with E-state index in [0.717, 1.165) is 6.07 Å². The number of carbonyl (C=O) groups excluding carboxylic acids is 2. The summed E-state index contributed by atoms with van der Waals surface area (Å²) in [5.41, 5.74) is 4.39. The van der Waals surface area contributed by atoms with Crippen molar-refractivity contribution < 1.29 is 18.7 Å². The second-order valence-corrected chi connectivity index (χ2v) is 3.87. The molecule has 96 valence electrons. The van der Waals surface area contributed by atoms with Gasteiger partial charge in [-0.2, -0.15) is 0 Å². The van der Waals surface area contributed by atoms with Gasteiger partial charge in [0.05, 0.1) is 7.11 Å².